The van der Waals surface area contributed by atoms with Crippen LogP contribution in [0.3, 0.4) is 0 Å². The minimum absolute atomic E-state index is 0.174. The first-order valence-corrected chi connectivity index (χ1v) is 14.9. The molecule has 6 nitrogen and oxygen atoms in total. The SMILES string of the molecule is Cc1c(COc2cc(OCc3cncc(C#N)c3)c(CN3CCC[C@H]3CO)c3c2CCC3)cccc1-c1ccccc1. The van der Waals surface area contributed by atoms with Gasteiger partial charge in [-0.05, 0) is 85.0 Å². The lowest BCUT2D eigenvalue weighted by atomic mass is 9.97. The summed E-state index contributed by atoms with van der Waals surface area (Å²) < 4.78 is 13.1. The lowest BCUT2D eigenvalue weighted by molar-refractivity contribution is 0.151. The maximum absolute atomic E-state index is 9.99. The van der Waals surface area contributed by atoms with E-state index in [1.807, 2.05) is 12.1 Å². The predicted molar refractivity (Wildman–Crippen MR) is 163 cm³/mol. The summed E-state index contributed by atoms with van der Waals surface area (Å²) in [6, 6.07) is 23.1. The number of aliphatic hydroxyl groups is 1. The molecule has 0 unspecified atom stereocenters. The number of aromatic nitrogens is 1. The average Bonchev–Trinajstić information content (AvgIpc) is 3.71. The molecule has 0 bridgehead atoms. The Balaban J connectivity index is 1.31. The maximum Gasteiger partial charge on any atom is 0.128 e. The number of nitriles is 1. The van der Waals surface area contributed by atoms with Crippen LogP contribution >= 0.6 is 0 Å². The summed E-state index contributed by atoms with van der Waals surface area (Å²) in [5.74, 6) is 1.70. The third-order valence-electron chi connectivity index (χ3n) is 8.74. The van der Waals surface area contributed by atoms with Gasteiger partial charge in [-0.2, -0.15) is 5.26 Å². The van der Waals surface area contributed by atoms with Gasteiger partial charge in [0.1, 0.15) is 30.8 Å². The number of rotatable bonds is 10. The van der Waals surface area contributed by atoms with Gasteiger partial charge in [-0.1, -0.05) is 48.5 Å². The highest BCUT2D eigenvalue weighted by Crippen LogP contribution is 2.41. The van der Waals surface area contributed by atoms with Crippen LogP contribution in [0, 0.1) is 18.3 Å². The van der Waals surface area contributed by atoms with E-state index in [0.717, 1.165) is 67.8 Å². The van der Waals surface area contributed by atoms with Gasteiger partial charge >= 0.3 is 0 Å². The molecule has 0 amide bonds. The minimum atomic E-state index is 0.174. The molecule has 42 heavy (non-hydrogen) atoms. The lowest BCUT2D eigenvalue weighted by Gasteiger charge is -2.26. The second-order valence-corrected chi connectivity index (χ2v) is 11.3. The summed E-state index contributed by atoms with van der Waals surface area (Å²) in [5.41, 5.74) is 9.98. The van der Waals surface area contributed by atoms with Crippen LogP contribution in [0.5, 0.6) is 11.5 Å². The van der Waals surface area contributed by atoms with Crippen molar-refractivity contribution in [1.82, 2.24) is 9.88 Å². The highest BCUT2D eigenvalue weighted by molar-refractivity contribution is 5.68. The Morgan fingerprint density at radius 2 is 1.79 bits per heavy atom. The Hall–Kier alpha value is -4.18. The second-order valence-electron chi connectivity index (χ2n) is 11.3. The standard InChI is InChI=1S/C36H37N3O3/c1-25-29(10-5-12-31(25)28-8-3-2-4-9-28)24-42-35-17-36(41-23-27-16-26(18-37)19-38-20-27)34(32-13-6-14-33(32)35)21-39-15-7-11-30(39)22-40/h2-5,8-10,12,16-17,19-20,30,40H,6-7,11,13-15,21-24H2,1H3/t30-/m0/s1. The summed E-state index contributed by atoms with van der Waals surface area (Å²) in [6.07, 6.45) is 8.48. The molecular formula is C36H37N3O3. The van der Waals surface area contributed by atoms with Crippen molar-refractivity contribution in [2.24, 2.45) is 0 Å². The first-order valence-electron chi connectivity index (χ1n) is 14.9. The molecule has 0 spiro atoms. The summed E-state index contributed by atoms with van der Waals surface area (Å²) >= 11 is 0. The number of fused-ring (bicyclic) bond motifs is 1. The first-order chi connectivity index (χ1) is 20.6. The molecule has 6 heteroatoms. The molecule has 2 aliphatic rings. The highest BCUT2D eigenvalue weighted by Gasteiger charge is 2.29. The van der Waals surface area contributed by atoms with Crippen molar-refractivity contribution in [2.75, 3.05) is 13.2 Å². The molecule has 0 saturated carbocycles. The summed E-state index contributed by atoms with van der Waals surface area (Å²) in [4.78, 5) is 6.59. The van der Waals surface area contributed by atoms with Crippen LogP contribution in [0.25, 0.3) is 11.1 Å². The smallest absolute Gasteiger partial charge is 0.128 e. The van der Waals surface area contributed by atoms with Crippen LogP contribution in [0.2, 0.25) is 0 Å². The molecule has 1 atom stereocenters. The molecule has 0 radical (unpaired) electrons. The van der Waals surface area contributed by atoms with E-state index >= 15 is 0 Å². The number of pyridine rings is 1. The lowest BCUT2D eigenvalue weighted by Crippen LogP contribution is -2.32. The number of hydrogen-bond donors (Lipinski definition) is 1. The third-order valence-corrected chi connectivity index (χ3v) is 8.74. The fourth-order valence-corrected chi connectivity index (χ4v) is 6.45. The molecule has 6 rings (SSSR count). The van der Waals surface area contributed by atoms with Gasteiger partial charge in [0.15, 0.2) is 0 Å². The topological polar surface area (TPSA) is 78.6 Å². The molecule has 1 saturated heterocycles. The van der Waals surface area contributed by atoms with Crippen molar-refractivity contribution in [3.63, 3.8) is 0 Å². The van der Waals surface area contributed by atoms with E-state index in [1.54, 1.807) is 12.4 Å². The van der Waals surface area contributed by atoms with Gasteiger partial charge in [0.25, 0.3) is 0 Å². The van der Waals surface area contributed by atoms with Gasteiger partial charge in [0.2, 0.25) is 0 Å². The highest BCUT2D eigenvalue weighted by atomic mass is 16.5. The number of hydrogen-bond acceptors (Lipinski definition) is 6. The molecular weight excluding hydrogens is 522 g/mol. The van der Waals surface area contributed by atoms with Crippen LogP contribution in [-0.4, -0.2) is 34.2 Å². The number of ether oxygens (including phenoxy) is 2. The molecule has 1 fully saturated rings. The van der Waals surface area contributed by atoms with E-state index < -0.39 is 0 Å². The third kappa shape index (κ3) is 5.90. The van der Waals surface area contributed by atoms with Gasteiger partial charge in [0, 0.05) is 42.2 Å². The van der Waals surface area contributed by atoms with Gasteiger partial charge in [0.05, 0.1) is 12.2 Å². The maximum atomic E-state index is 9.99. The molecule has 1 N–H and O–H groups in total. The number of benzene rings is 3. The minimum Gasteiger partial charge on any atom is -0.488 e. The number of nitrogens with zero attached hydrogens (tertiary/aromatic N) is 3. The van der Waals surface area contributed by atoms with Gasteiger partial charge in [-0.25, -0.2) is 0 Å². The van der Waals surface area contributed by atoms with E-state index in [2.05, 4.69) is 71.4 Å². The van der Waals surface area contributed by atoms with E-state index in [9.17, 15) is 10.4 Å². The van der Waals surface area contributed by atoms with Crippen molar-refractivity contribution in [3.8, 4) is 28.7 Å². The number of aliphatic hydroxyl groups excluding tert-OH is 1. The van der Waals surface area contributed by atoms with Gasteiger partial charge in [-0.3, -0.25) is 9.88 Å². The Kier molecular flexibility index (Phi) is 8.50. The Bertz CT molecular complexity index is 1590. The van der Waals surface area contributed by atoms with Crippen LogP contribution in [0.4, 0.5) is 0 Å². The zero-order chi connectivity index (χ0) is 28.9. The van der Waals surface area contributed by atoms with Crippen molar-refractivity contribution in [1.29, 1.82) is 5.26 Å². The fraction of sp³-hybridized carbons (Fsp3) is 0.333. The van der Waals surface area contributed by atoms with Crippen LogP contribution in [0.1, 0.15) is 58.2 Å². The zero-order valence-corrected chi connectivity index (χ0v) is 24.2. The number of likely N-dealkylation sites (tertiary alicyclic amines) is 1. The van der Waals surface area contributed by atoms with Crippen molar-refractivity contribution in [2.45, 2.75) is 64.8 Å². The van der Waals surface area contributed by atoms with Crippen LogP contribution in [0.15, 0.2) is 73.1 Å². The average molecular weight is 560 g/mol. The summed E-state index contributed by atoms with van der Waals surface area (Å²) in [7, 11) is 0. The fourth-order valence-electron chi connectivity index (χ4n) is 6.45. The van der Waals surface area contributed by atoms with Gasteiger partial charge in [-0.15, -0.1) is 0 Å². The van der Waals surface area contributed by atoms with Gasteiger partial charge < -0.3 is 14.6 Å². The monoisotopic (exact) mass is 559 g/mol. The Labute approximate surface area is 248 Å². The van der Waals surface area contributed by atoms with E-state index in [0.29, 0.717) is 18.8 Å². The predicted octanol–water partition coefficient (Wildman–Crippen LogP) is 6.53. The molecule has 2 heterocycles. The van der Waals surface area contributed by atoms with E-state index in [4.69, 9.17) is 9.47 Å². The van der Waals surface area contributed by atoms with Crippen molar-refractivity contribution in [3.05, 3.63) is 112 Å². The van der Waals surface area contributed by atoms with Crippen molar-refractivity contribution < 1.29 is 14.6 Å². The van der Waals surface area contributed by atoms with E-state index in [-0.39, 0.29) is 12.6 Å². The van der Waals surface area contributed by atoms with Crippen LogP contribution < -0.4 is 9.47 Å². The summed E-state index contributed by atoms with van der Waals surface area (Å²) in [5, 5.41) is 19.3. The molecule has 1 aliphatic carbocycles. The van der Waals surface area contributed by atoms with E-state index in [1.165, 1.54) is 33.4 Å². The van der Waals surface area contributed by atoms with Crippen molar-refractivity contribution >= 4 is 0 Å². The molecule has 214 valence electrons. The second kappa shape index (κ2) is 12.8. The zero-order valence-electron chi connectivity index (χ0n) is 24.2. The Morgan fingerprint density at radius 1 is 0.952 bits per heavy atom. The molecule has 4 aromatic rings. The molecule has 1 aliphatic heterocycles. The quantitative estimate of drug-likeness (QED) is 0.238. The Morgan fingerprint density at radius 3 is 2.62 bits per heavy atom. The molecule has 3 aromatic carbocycles. The van der Waals surface area contributed by atoms with Crippen LogP contribution in [-0.2, 0) is 32.6 Å². The molecule has 1 aromatic heterocycles. The summed E-state index contributed by atoms with van der Waals surface area (Å²) in [6.45, 7) is 4.86. The first kappa shape index (κ1) is 28.0. The normalized spacial score (nSPS) is 16.3. The largest absolute Gasteiger partial charge is 0.488 e.